The van der Waals surface area contributed by atoms with E-state index in [2.05, 4.69) is 20.3 Å². The molecule has 29 heavy (non-hydrogen) atoms. The molecule has 2 aromatic rings. The number of benzene rings is 2. The molecule has 0 unspecified atom stereocenters. The number of aliphatic imine (C=N–C) groups is 1. The van der Waals surface area contributed by atoms with Crippen molar-refractivity contribution < 1.29 is 12.8 Å². The molecule has 0 aliphatic heterocycles. The van der Waals surface area contributed by atoms with Crippen molar-refractivity contribution in [2.24, 2.45) is 4.99 Å². The zero-order chi connectivity index (χ0) is 20.6. The highest BCUT2D eigenvalue weighted by Crippen LogP contribution is 2.12. The van der Waals surface area contributed by atoms with Crippen LogP contribution in [-0.2, 0) is 28.9 Å². The molecule has 2 aromatic carbocycles. The molecule has 0 aliphatic rings. The molecule has 0 atom stereocenters. The largest absolute Gasteiger partial charge is 0.352 e. The number of rotatable bonds is 8. The average molecular weight is 534 g/mol. The van der Waals surface area contributed by atoms with E-state index in [-0.39, 0.29) is 41.6 Å². The molecular weight excluding hydrogens is 506 g/mol. The third kappa shape index (κ3) is 9.09. The van der Waals surface area contributed by atoms with Crippen molar-refractivity contribution >= 4 is 40.0 Å². The first-order chi connectivity index (χ1) is 13.3. The fraction of sp³-hybridized carbons (Fsp3) is 0.350. The Morgan fingerprint density at radius 2 is 1.59 bits per heavy atom. The van der Waals surface area contributed by atoms with Crippen molar-refractivity contribution in [1.82, 2.24) is 15.4 Å². The van der Waals surface area contributed by atoms with Crippen LogP contribution in [-0.4, -0.2) is 27.5 Å². The lowest BCUT2D eigenvalue weighted by Crippen LogP contribution is -2.36. The molecule has 0 saturated carbocycles. The van der Waals surface area contributed by atoms with E-state index in [1.807, 2.05) is 24.3 Å². The van der Waals surface area contributed by atoms with Gasteiger partial charge in [0.15, 0.2) is 5.96 Å². The smallest absolute Gasteiger partial charge is 0.216 e. The van der Waals surface area contributed by atoms with Gasteiger partial charge in [-0.25, -0.2) is 17.5 Å². The van der Waals surface area contributed by atoms with E-state index in [4.69, 9.17) is 0 Å². The van der Waals surface area contributed by atoms with E-state index in [0.717, 1.165) is 16.7 Å². The molecule has 0 bridgehead atoms. The van der Waals surface area contributed by atoms with Gasteiger partial charge in [-0.05, 0) is 42.7 Å². The molecule has 160 valence electrons. The fourth-order valence-corrected chi connectivity index (χ4v) is 4.16. The second-order valence-electron chi connectivity index (χ2n) is 6.71. The van der Waals surface area contributed by atoms with E-state index in [0.29, 0.717) is 19.0 Å². The average Bonchev–Trinajstić information content (AvgIpc) is 2.63. The Bertz CT molecular complexity index is 903. The summed E-state index contributed by atoms with van der Waals surface area (Å²) in [6.07, 6.45) is 0. The van der Waals surface area contributed by atoms with E-state index >= 15 is 0 Å². The maximum atomic E-state index is 13.0. The van der Waals surface area contributed by atoms with Gasteiger partial charge >= 0.3 is 0 Å². The first kappa shape index (κ1) is 25.3. The number of nitrogens with zero attached hydrogens (tertiary/aromatic N) is 1. The molecule has 0 saturated heterocycles. The molecule has 0 aliphatic carbocycles. The molecule has 6 nitrogen and oxygen atoms in total. The lowest BCUT2D eigenvalue weighted by atomic mass is 10.1. The van der Waals surface area contributed by atoms with Gasteiger partial charge in [-0.1, -0.05) is 36.4 Å². The summed E-state index contributed by atoms with van der Waals surface area (Å²) in [5.41, 5.74) is 2.54. The summed E-state index contributed by atoms with van der Waals surface area (Å²) in [5.74, 6) is 0.219. The van der Waals surface area contributed by atoms with Crippen LogP contribution >= 0.6 is 24.0 Å². The van der Waals surface area contributed by atoms with Crippen LogP contribution in [0.25, 0.3) is 0 Å². The van der Waals surface area contributed by atoms with Gasteiger partial charge < -0.3 is 10.6 Å². The Morgan fingerprint density at radius 1 is 1.00 bits per heavy atom. The third-order valence-corrected chi connectivity index (χ3v) is 5.44. The van der Waals surface area contributed by atoms with E-state index in [1.165, 1.54) is 12.1 Å². The zero-order valence-corrected chi connectivity index (χ0v) is 19.9. The van der Waals surface area contributed by atoms with Crippen LogP contribution in [0, 0.1) is 5.82 Å². The maximum Gasteiger partial charge on any atom is 0.216 e. The summed E-state index contributed by atoms with van der Waals surface area (Å²) in [4.78, 5) is 4.17. The van der Waals surface area contributed by atoms with Crippen molar-refractivity contribution in [1.29, 1.82) is 0 Å². The summed E-state index contributed by atoms with van der Waals surface area (Å²) >= 11 is 0. The molecule has 0 heterocycles. The van der Waals surface area contributed by atoms with Crippen LogP contribution in [0.5, 0.6) is 0 Å². The second-order valence-corrected chi connectivity index (χ2v) is 8.46. The first-order valence-electron chi connectivity index (χ1n) is 9.05. The van der Waals surface area contributed by atoms with Gasteiger partial charge in [0.05, 0.1) is 5.75 Å². The Kier molecular flexibility index (Phi) is 10.5. The minimum absolute atomic E-state index is 0. The van der Waals surface area contributed by atoms with Gasteiger partial charge in [0, 0.05) is 26.2 Å². The Labute approximate surface area is 189 Å². The fourth-order valence-electron chi connectivity index (χ4n) is 2.66. The van der Waals surface area contributed by atoms with E-state index in [9.17, 15) is 12.8 Å². The van der Waals surface area contributed by atoms with Crippen LogP contribution in [0.4, 0.5) is 4.39 Å². The molecule has 2 rings (SSSR count). The van der Waals surface area contributed by atoms with Crippen LogP contribution in [0.3, 0.4) is 0 Å². The second kappa shape index (κ2) is 12.1. The minimum atomic E-state index is -3.40. The number of halogens is 2. The number of guanidine groups is 1. The van der Waals surface area contributed by atoms with Gasteiger partial charge in [0.25, 0.3) is 0 Å². The number of hydrogen-bond acceptors (Lipinski definition) is 3. The molecule has 0 radical (unpaired) electrons. The Hall–Kier alpha value is -1.72. The SMILES string of the molecule is CN=C(NCc1ccc(F)cc1)NCc1ccccc1CS(=O)(=O)NC(C)C.I. The first-order valence-corrected chi connectivity index (χ1v) is 10.7. The van der Waals surface area contributed by atoms with Crippen LogP contribution < -0.4 is 15.4 Å². The lowest BCUT2D eigenvalue weighted by Gasteiger charge is -2.15. The highest BCUT2D eigenvalue weighted by molar-refractivity contribution is 14.0. The van der Waals surface area contributed by atoms with Gasteiger partial charge in [-0.3, -0.25) is 4.99 Å². The minimum Gasteiger partial charge on any atom is -0.352 e. The molecule has 0 spiro atoms. The summed E-state index contributed by atoms with van der Waals surface area (Å²) in [7, 11) is -1.75. The standard InChI is InChI=1S/C20H27FN4O2S.HI/c1-15(2)25-28(26,27)14-18-7-5-4-6-17(18)13-24-20(22-3)23-12-16-8-10-19(21)11-9-16;/h4-11,15,25H,12-14H2,1-3H3,(H2,22,23,24);1H. The van der Waals surface area contributed by atoms with Gasteiger partial charge in [-0.2, -0.15) is 0 Å². The van der Waals surface area contributed by atoms with E-state index in [1.54, 1.807) is 33.0 Å². The normalized spacial score (nSPS) is 11.8. The number of hydrogen-bond donors (Lipinski definition) is 3. The summed E-state index contributed by atoms with van der Waals surface area (Å²) in [6, 6.07) is 13.5. The summed E-state index contributed by atoms with van der Waals surface area (Å²) < 4.78 is 40.1. The van der Waals surface area contributed by atoms with Gasteiger partial charge in [-0.15, -0.1) is 24.0 Å². The van der Waals surface area contributed by atoms with Gasteiger partial charge in [0.2, 0.25) is 10.0 Å². The molecule has 0 aromatic heterocycles. The maximum absolute atomic E-state index is 13.0. The summed E-state index contributed by atoms with van der Waals surface area (Å²) in [6.45, 7) is 4.51. The van der Waals surface area contributed by atoms with Crippen molar-refractivity contribution in [3.8, 4) is 0 Å². The molecule has 9 heteroatoms. The summed E-state index contributed by atoms with van der Waals surface area (Å²) in [5, 5.41) is 6.34. The number of sulfonamides is 1. The molecule has 0 fully saturated rings. The predicted molar refractivity (Wildman–Crippen MR) is 126 cm³/mol. The monoisotopic (exact) mass is 534 g/mol. The van der Waals surface area contributed by atoms with Crippen LogP contribution in [0.2, 0.25) is 0 Å². The highest BCUT2D eigenvalue weighted by atomic mass is 127. The third-order valence-electron chi connectivity index (χ3n) is 3.92. The highest BCUT2D eigenvalue weighted by Gasteiger charge is 2.15. The number of nitrogens with one attached hydrogen (secondary N) is 3. The lowest BCUT2D eigenvalue weighted by molar-refractivity contribution is 0.568. The topological polar surface area (TPSA) is 82.6 Å². The predicted octanol–water partition coefficient (Wildman–Crippen LogP) is 3.14. The Morgan fingerprint density at radius 3 is 2.17 bits per heavy atom. The van der Waals surface area contributed by atoms with E-state index < -0.39 is 10.0 Å². The van der Waals surface area contributed by atoms with Crippen LogP contribution in [0.15, 0.2) is 53.5 Å². The Balaban J connectivity index is 0.00000420. The van der Waals surface area contributed by atoms with Crippen molar-refractivity contribution in [2.45, 2.75) is 38.7 Å². The molecular formula is C20H28FIN4O2S. The van der Waals surface area contributed by atoms with Crippen molar-refractivity contribution in [2.75, 3.05) is 7.05 Å². The molecule has 0 amide bonds. The van der Waals surface area contributed by atoms with Gasteiger partial charge in [0.1, 0.15) is 5.82 Å². The quantitative estimate of drug-likeness (QED) is 0.276. The van der Waals surface area contributed by atoms with Crippen molar-refractivity contribution in [3.63, 3.8) is 0 Å². The van der Waals surface area contributed by atoms with Crippen LogP contribution in [0.1, 0.15) is 30.5 Å². The molecule has 3 N–H and O–H groups in total. The zero-order valence-electron chi connectivity index (χ0n) is 16.8. The van der Waals surface area contributed by atoms with Crippen molar-refractivity contribution in [3.05, 3.63) is 71.0 Å².